The predicted molar refractivity (Wildman–Crippen MR) is 121 cm³/mol. The molecule has 154 valence electrons. The molecule has 0 bridgehead atoms. The van der Waals surface area contributed by atoms with Crippen LogP contribution in [0.4, 0.5) is 5.69 Å². The molecule has 1 unspecified atom stereocenters. The van der Waals surface area contributed by atoms with Crippen LogP contribution in [0.2, 0.25) is 0 Å². The minimum absolute atomic E-state index is 0.0317. The van der Waals surface area contributed by atoms with E-state index in [9.17, 15) is 13.5 Å². The van der Waals surface area contributed by atoms with Gasteiger partial charge in [-0.2, -0.15) is 5.10 Å². The molecule has 0 fully saturated rings. The molecule has 1 heterocycles. The zero-order valence-electron chi connectivity index (χ0n) is 15.9. The van der Waals surface area contributed by atoms with E-state index in [0.717, 1.165) is 32.6 Å². The molecule has 0 aromatic heterocycles. The van der Waals surface area contributed by atoms with Crippen molar-refractivity contribution in [3.63, 3.8) is 0 Å². The molecule has 0 amide bonds. The van der Waals surface area contributed by atoms with Crippen LogP contribution in [0.1, 0.15) is 29.2 Å². The normalized spacial score (nSPS) is 16.6. The van der Waals surface area contributed by atoms with Gasteiger partial charge >= 0.3 is 0 Å². The number of aliphatic hydroxyl groups is 1. The molecule has 3 N–H and O–H groups in total. The third-order valence-electron chi connectivity index (χ3n) is 5.04. The Balaban J connectivity index is 1.75. The van der Waals surface area contributed by atoms with Crippen LogP contribution in [-0.4, -0.2) is 19.2 Å². The highest BCUT2D eigenvalue weighted by Crippen LogP contribution is 2.37. The standard InChI is InChI=1S/C22H20BrN3O3S/c23-18-6-4-16(5-7-18)22-13-21(17-3-1-2-15(12-17)14-27)25-26(22)19-8-10-20(11-9-19)30(24,28)29/h1-12,22,27H,13-14H2,(H2,24,28,29). The van der Waals surface area contributed by atoms with Gasteiger partial charge in [0.1, 0.15) is 0 Å². The van der Waals surface area contributed by atoms with Crippen LogP contribution in [0, 0.1) is 0 Å². The topological polar surface area (TPSA) is 96.0 Å². The summed E-state index contributed by atoms with van der Waals surface area (Å²) >= 11 is 3.47. The summed E-state index contributed by atoms with van der Waals surface area (Å²) in [7, 11) is -3.76. The highest BCUT2D eigenvalue weighted by atomic mass is 79.9. The van der Waals surface area contributed by atoms with Gasteiger partial charge in [0.2, 0.25) is 10.0 Å². The van der Waals surface area contributed by atoms with Crippen LogP contribution in [0.25, 0.3) is 0 Å². The third kappa shape index (κ3) is 4.32. The molecule has 0 aliphatic carbocycles. The fourth-order valence-corrected chi connectivity index (χ4v) is 4.28. The van der Waals surface area contributed by atoms with E-state index in [1.165, 1.54) is 12.1 Å². The van der Waals surface area contributed by atoms with Gasteiger partial charge < -0.3 is 5.11 Å². The Morgan fingerprint density at radius 2 is 1.77 bits per heavy atom. The van der Waals surface area contributed by atoms with Gasteiger partial charge in [-0.25, -0.2) is 13.6 Å². The Bertz CT molecular complexity index is 1190. The predicted octanol–water partition coefficient (Wildman–Crippen LogP) is 3.94. The van der Waals surface area contributed by atoms with Crippen LogP contribution in [-0.2, 0) is 16.6 Å². The summed E-state index contributed by atoms with van der Waals surface area (Å²) in [5, 5.41) is 21.4. The van der Waals surface area contributed by atoms with Crippen molar-refractivity contribution in [1.29, 1.82) is 0 Å². The van der Waals surface area contributed by atoms with Crippen molar-refractivity contribution in [1.82, 2.24) is 0 Å². The Kier molecular flexibility index (Phi) is 5.75. The molecular weight excluding hydrogens is 466 g/mol. The van der Waals surface area contributed by atoms with E-state index in [4.69, 9.17) is 10.2 Å². The first-order valence-electron chi connectivity index (χ1n) is 9.30. The van der Waals surface area contributed by atoms with Gasteiger partial charge in [0.15, 0.2) is 0 Å². The van der Waals surface area contributed by atoms with Crippen molar-refractivity contribution in [2.24, 2.45) is 10.2 Å². The van der Waals surface area contributed by atoms with Crippen molar-refractivity contribution >= 4 is 37.4 Å². The Hall–Kier alpha value is -2.52. The molecule has 4 rings (SSSR count). The Labute approximate surface area is 183 Å². The lowest BCUT2D eigenvalue weighted by atomic mass is 9.97. The fraction of sp³-hybridized carbons (Fsp3) is 0.136. The molecule has 3 aromatic rings. The second-order valence-electron chi connectivity index (χ2n) is 7.06. The van der Waals surface area contributed by atoms with Crippen molar-refractivity contribution in [3.05, 3.63) is 94.0 Å². The number of primary sulfonamides is 1. The first-order valence-corrected chi connectivity index (χ1v) is 11.6. The molecular formula is C22H20BrN3O3S. The SMILES string of the molecule is NS(=O)(=O)c1ccc(N2N=C(c3cccc(CO)c3)CC2c2ccc(Br)cc2)cc1. The largest absolute Gasteiger partial charge is 0.392 e. The van der Waals surface area contributed by atoms with E-state index in [1.807, 2.05) is 53.5 Å². The summed E-state index contributed by atoms with van der Waals surface area (Å²) in [6.07, 6.45) is 0.674. The average molecular weight is 486 g/mol. The van der Waals surface area contributed by atoms with Crippen molar-refractivity contribution in [2.45, 2.75) is 24.0 Å². The van der Waals surface area contributed by atoms with Crippen LogP contribution in [0.15, 0.2) is 87.3 Å². The summed E-state index contributed by atoms with van der Waals surface area (Å²) in [5.74, 6) is 0. The second kappa shape index (κ2) is 8.31. The van der Waals surface area contributed by atoms with Gasteiger partial charge in [-0.1, -0.05) is 46.3 Å². The maximum absolute atomic E-state index is 11.6. The number of rotatable bonds is 5. The molecule has 0 saturated carbocycles. The van der Waals surface area contributed by atoms with Gasteiger partial charge in [-0.15, -0.1) is 0 Å². The number of sulfonamides is 1. The number of hydrogen-bond acceptors (Lipinski definition) is 5. The van der Waals surface area contributed by atoms with Gasteiger partial charge in [-0.3, -0.25) is 5.01 Å². The molecule has 8 heteroatoms. The zero-order valence-corrected chi connectivity index (χ0v) is 18.3. The third-order valence-corrected chi connectivity index (χ3v) is 6.50. The molecule has 1 aliphatic rings. The molecule has 6 nitrogen and oxygen atoms in total. The second-order valence-corrected chi connectivity index (χ2v) is 9.54. The number of nitrogens with zero attached hydrogens (tertiary/aromatic N) is 2. The van der Waals surface area contributed by atoms with E-state index >= 15 is 0 Å². The zero-order chi connectivity index (χ0) is 21.3. The number of hydrogen-bond donors (Lipinski definition) is 2. The monoisotopic (exact) mass is 485 g/mol. The van der Waals surface area contributed by atoms with E-state index in [2.05, 4.69) is 15.9 Å². The number of anilines is 1. The lowest BCUT2D eigenvalue weighted by molar-refractivity contribution is 0.282. The van der Waals surface area contributed by atoms with E-state index < -0.39 is 10.0 Å². The molecule has 30 heavy (non-hydrogen) atoms. The highest BCUT2D eigenvalue weighted by Gasteiger charge is 2.30. The maximum atomic E-state index is 11.6. The van der Waals surface area contributed by atoms with Crippen LogP contribution >= 0.6 is 15.9 Å². The van der Waals surface area contributed by atoms with E-state index in [0.29, 0.717) is 6.42 Å². The summed E-state index contributed by atoms with van der Waals surface area (Å²) in [6.45, 7) is -0.0317. The van der Waals surface area contributed by atoms with Crippen molar-refractivity contribution in [2.75, 3.05) is 5.01 Å². The molecule has 3 aromatic carbocycles. The summed E-state index contributed by atoms with van der Waals surface area (Å²) in [4.78, 5) is 0.0606. The minimum Gasteiger partial charge on any atom is -0.392 e. The van der Waals surface area contributed by atoms with Crippen molar-refractivity contribution in [3.8, 4) is 0 Å². The number of aliphatic hydroxyl groups excluding tert-OH is 1. The number of hydrazone groups is 1. The van der Waals surface area contributed by atoms with Gasteiger partial charge in [0.25, 0.3) is 0 Å². The van der Waals surface area contributed by atoms with Gasteiger partial charge in [-0.05, 0) is 59.2 Å². The fourth-order valence-electron chi connectivity index (χ4n) is 3.51. The van der Waals surface area contributed by atoms with Crippen LogP contribution in [0.5, 0.6) is 0 Å². The van der Waals surface area contributed by atoms with E-state index in [-0.39, 0.29) is 17.5 Å². The Morgan fingerprint density at radius 1 is 1.07 bits per heavy atom. The summed E-state index contributed by atoms with van der Waals surface area (Å²) in [6, 6.07) is 22.1. The lowest BCUT2D eigenvalue weighted by Crippen LogP contribution is -2.19. The van der Waals surface area contributed by atoms with Crippen LogP contribution < -0.4 is 10.1 Å². The first-order chi connectivity index (χ1) is 14.3. The number of benzene rings is 3. The summed E-state index contributed by atoms with van der Waals surface area (Å²) in [5.41, 5.74) is 4.53. The Morgan fingerprint density at radius 3 is 2.40 bits per heavy atom. The lowest BCUT2D eigenvalue weighted by Gasteiger charge is -2.24. The van der Waals surface area contributed by atoms with Gasteiger partial charge in [0.05, 0.1) is 28.9 Å². The molecule has 1 aliphatic heterocycles. The smallest absolute Gasteiger partial charge is 0.238 e. The number of halogens is 1. The maximum Gasteiger partial charge on any atom is 0.238 e. The minimum atomic E-state index is -3.76. The van der Waals surface area contributed by atoms with Crippen LogP contribution in [0.3, 0.4) is 0 Å². The molecule has 0 saturated heterocycles. The quantitative estimate of drug-likeness (QED) is 0.571. The molecule has 0 spiro atoms. The van der Waals surface area contributed by atoms with Gasteiger partial charge in [0, 0.05) is 10.9 Å². The van der Waals surface area contributed by atoms with E-state index in [1.54, 1.807) is 12.1 Å². The number of nitrogens with two attached hydrogens (primary N) is 1. The average Bonchev–Trinajstić information content (AvgIpc) is 3.19. The molecule has 1 atom stereocenters. The van der Waals surface area contributed by atoms with Crippen molar-refractivity contribution < 1.29 is 13.5 Å². The highest BCUT2D eigenvalue weighted by molar-refractivity contribution is 9.10. The summed E-state index contributed by atoms with van der Waals surface area (Å²) < 4.78 is 24.2. The first kappa shape index (κ1) is 20.7. The molecule has 0 radical (unpaired) electrons.